The Balaban J connectivity index is 1.80. The number of carbonyl (C=O) groups is 2. The van der Waals surface area contributed by atoms with Crippen LogP contribution in [0, 0.1) is 24.0 Å². The quantitative estimate of drug-likeness (QED) is 0.397. The molecule has 3 N–H and O–H groups in total. The highest BCUT2D eigenvalue weighted by Gasteiger charge is 2.13. The van der Waals surface area contributed by atoms with Crippen LogP contribution >= 0.6 is 12.2 Å². The van der Waals surface area contributed by atoms with Crippen molar-refractivity contribution in [1.29, 1.82) is 0 Å². The molecule has 0 atom stereocenters. The second-order valence-corrected chi connectivity index (χ2v) is 6.23. The highest BCUT2D eigenvalue weighted by atomic mass is 32.1. The molecule has 0 spiro atoms. The van der Waals surface area contributed by atoms with Gasteiger partial charge >= 0.3 is 0 Å². The predicted molar refractivity (Wildman–Crippen MR) is 106 cm³/mol. The summed E-state index contributed by atoms with van der Waals surface area (Å²) in [5, 5.41) is 12.9. The first kappa shape index (κ1) is 20.8. The molecule has 2 rings (SSSR count). The largest absolute Gasteiger partial charge is 0.483 e. The highest BCUT2D eigenvalue weighted by molar-refractivity contribution is 7.80. The van der Waals surface area contributed by atoms with Crippen molar-refractivity contribution in [3.05, 3.63) is 69.3 Å². The maximum Gasteiger partial charge on any atom is 0.276 e. The molecule has 146 valence electrons. The van der Waals surface area contributed by atoms with Crippen molar-refractivity contribution >= 4 is 34.8 Å². The highest BCUT2D eigenvalue weighted by Crippen LogP contribution is 2.18. The molecular formula is C18H18N4O5S. The lowest BCUT2D eigenvalue weighted by molar-refractivity contribution is -0.384. The number of benzene rings is 2. The second kappa shape index (κ2) is 9.42. The summed E-state index contributed by atoms with van der Waals surface area (Å²) >= 11 is 4.91. The summed E-state index contributed by atoms with van der Waals surface area (Å²) in [4.78, 5) is 34.0. The number of hydrogen-bond acceptors (Lipinski definition) is 6. The Bertz CT molecular complexity index is 932. The van der Waals surface area contributed by atoms with E-state index in [1.807, 2.05) is 26.0 Å². The summed E-state index contributed by atoms with van der Waals surface area (Å²) in [6, 6.07) is 10.8. The minimum atomic E-state index is -0.651. The number of nitro benzene ring substituents is 1. The zero-order chi connectivity index (χ0) is 20.7. The molecule has 0 unspecified atom stereocenters. The number of nitro groups is 1. The van der Waals surface area contributed by atoms with Crippen molar-refractivity contribution in [3.8, 4) is 5.75 Å². The van der Waals surface area contributed by atoms with Crippen LogP contribution in [0.15, 0.2) is 42.5 Å². The van der Waals surface area contributed by atoms with Crippen LogP contribution in [0.2, 0.25) is 0 Å². The summed E-state index contributed by atoms with van der Waals surface area (Å²) in [6.07, 6.45) is 0. The van der Waals surface area contributed by atoms with Crippen molar-refractivity contribution in [3.63, 3.8) is 0 Å². The third kappa shape index (κ3) is 6.02. The number of nitrogens with zero attached hydrogens (tertiary/aromatic N) is 1. The number of amides is 2. The number of thiocarbonyl (C=S) groups is 1. The smallest absolute Gasteiger partial charge is 0.276 e. The molecule has 0 saturated carbocycles. The van der Waals surface area contributed by atoms with Crippen LogP contribution in [-0.4, -0.2) is 28.5 Å². The topological polar surface area (TPSA) is 123 Å². The van der Waals surface area contributed by atoms with Gasteiger partial charge in [0.2, 0.25) is 0 Å². The molecule has 0 radical (unpaired) electrons. The summed E-state index contributed by atoms with van der Waals surface area (Å²) in [5.74, 6) is -0.573. The fourth-order valence-corrected chi connectivity index (χ4v) is 2.38. The van der Waals surface area contributed by atoms with Gasteiger partial charge in [0.15, 0.2) is 11.7 Å². The van der Waals surface area contributed by atoms with E-state index in [1.54, 1.807) is 6.07 Å². The number of aryl methyl sites for hydroxylation is 2. The van der Waals surface area contributed by atoms with Crippen LogP contribution in [0.1, 0.15) is 21.5 Å². The van der Waals surface area contributed by atoms with Crippen LogP contribution in [0.3, 0.4) is 0 Å². The maximum atomic E-state index is 12.1. The SMILES string of the molecule is Cc1ccc(OCC(=O)NNC(=S)NC(=O)c2cccc([N+](=O)[O-])c2)c(C)c1. The number of carbonyl (C=O) groups excluding carboxylic acids is 2. The summed E-state index contributed by atoms with van der Waals surface area (Å²) in [6.45, 7) is 3.58. The number of hydrazine groups is 1. The van der Waals surface area contributed by atoms with Gasteiger partial charge in [0.05, 0.1) is 4.92 Å². The van der Waals surface area contributed by atoms with E-state index in [-0.39, 0.29) is 23.0 Å². The molecule has 0 aliphatic rings. The molecule has 9 nitrogen and oxygen atoms in total. The van der Waals surface area contributed by atoms with E-state index >= 15 is 0 Å². The fraction of sp³-hybridized carbons (Fsp3) is 0.167. The Morgan fingerprint density at radius 3 is 2.57 bits per heavy atom. The molecule has 0 fully saturated rings. The molecule has 28 heavy (non-hydrogen) atoms. The van der Waals surface area contributed by atoms with Gasteiger partial charge in [0.25, 0.3) is 17.5 Å². The van der Waals surface area contributed by atoms with Gasteiger partial charge in [-0.15, -0.1) is 0 Å². The molecule has 2 aromatic rings. The first-order valence-corrected chi connectivity index (χ1v) is 8.52. The van der Waals surface area contributed by atoms with Crippen molar-refractivity contribution in [2.75, 3.05) is 6.61 Å². The number of ether oxygens (including phenoxy) is 1. The standard InChI is InChI=1S/C18H18N4O5S/c1-11-6-7-15(12(2)8-11)27-10-16(23)20-21-18(28)19-17(24)13-4-3-5-14(9-13)22(25)26/h3-9H,10H2,1-2H3,(H,20,23)(H2,19,21,24,28). The normalized spacial score (nSPS) is 9.93. The Kier molecular flexibility index (Phi) is 6.99. The molecular weight excluding hydrogens is 384 g/mol. The first-order chi connectivity index (χ1) is 13.3. The van der Waals surface area contributed by atoms with Gasteiger partial charge in [-0.25, -0.2) is 0 Å². The lowest BCUT2D eigenvalue weighted by Crippen LogP contribution is -2.49. The third-order valence-electron chi connectivity index (χ3n) is 3.55. The minimum Gasteiger partial charge on any atom is -0.483 e. The van der Waals surface area contributed by atoms with Gasteiger partial charge in [-0.1, -0.05) is 23.8 Å². The number of hydrogen-bond donors (Lipinski definition) is 3. The monoisotopic (exact) mass is 402 g/mol. The number of non-ortho nitro benzene ring substituents is 1. The Morgan fingerprint density at radius 2 is 1.89 bits per heavy atom. The Labute approximate surface area is 166 Å². The molecule has 0 heterocycles. The van der Waals surface area contributed by atoms with Gasteiger partial charge in [0.1, 0.15) is 5.75 Å². The van der Waals surface area contributed by atoms with E-state index in [9.17, 15) is 19.7 Å². The van der Waals surface area contributed by atoms with Crippen molar-refractivity contribution in [2.45, 2.75) is 13.8 Å². The Hall–Kier alpha value is -3.53. The average molecular weight is 402 g/mol. The van der Waals surface area contributed by atoms with Crippen molar-refractivity contribution < 1.29 is 19.2 Å². The van der Waals surface area contributed by atoms with Gasteiger partial charge in [-0.2, -0.15) is 0 Å². The number of nitrogens with one attached hydrogen (secondary N) is 3. The zero-order valence-electron chi connectivity index (χ0n) is 15.1. The summed E-state index contributed by atoms with van der Waals surface area (Å²) in [5.41, 5.74) is 6.48. The predicted octanol–water partition coefficient (Wildman–Crippen LogP) is 1.93. The Morgan fingerprint density at radius 1 is 1.14 bits per heavy atom. The van der Waals surface area contributed by atoms with E-state index < -0.39 is 16.7 Å². The summed E-state index contributed by atoms with van der Waals surface area (Å²) in [7, 11) is 0. The molecule has 10 heteroatoms. The lowest BCUT2D eigenvalue weighted by atomic mass is 10.1. The lowest BCUT2D eigenvalue weighted by Gasteiger charge is -2.12. The summed E-state index contributed by atoms with van der Waals surface area (Å²) < 4.78 is 5.43. The van der Waals surface area contributed by atoms with Gasteiger partial charge in [0, 0.05) is 17.7 Å². The molecule has 0 aliphatic carbocycles. The molecule has 2 amide bonds. The zero-order valence-corrected chi connectivity index (χ0v) is 16.0. The van der Waals surface area contributed by atoms with Gasteiger partial charge in [-0.05, 0) is 43.8 Å². The minimum absolute atomic E-state index is 0.0582. The second-order valence-electron chi connectivity index (χ2n) is 5.82. The van der Waals surface area contributed by atoms with Crippen LogP contribution in [0.5, 0.6) is 5.75 Å². The molecule has 0 aliphatic heterocycles. The van der Waals surface area contributed by atoms with E-state index in [2.05, 4.69) is 16.2 Å². The average Bonchev–Trinajstić information content (AvgIpc) is 2.65. The van der Waals surface area contributed by atoms with Crippen LogP contribution in [0.25, 0.3) is 0 Å². The van der Waals surface area contributed by atoms with E-state index in [4.69, 9.17) is 17.0 Å². The van der Waals surface area contributed by atoms with E-state index in [0.29, 0.717) is 5.75 Å². The van der Waals surface area contributed by atoms with E-state index in [1.165, 1.54) is 18.2 Å². The van der Waals surface area contributed by atoms with Crippen LogP contribution < -0.4 is 20.9 Å². The van der Waals surface area contributed by atoms with Crippen LogP contribution in [-0.2, 0) is 4.79 Å². The molecule has 2 aromatic carbocycles. The number of rotatable bonds is 5. The first-order valence-electron chi connectivity index (χ1n) is 8.11. The maximum absolute atomic E-state index is 12.1. The molecule has 0 bridgehead atoms. The fourth-order valence-electron chi connectivity index (χ4n) is 2.23. The van der Waals surface area contributed by atoms with Crippen LogP contribution in [0.4, 0.5) is 5.69 Å². The van der Waals surface area contributed by atoms with Gasteiger partial charge in [-0.3, -0.25) is 35.9 Å². The third-order valence-corrected chi connectivity index (χ3v) is 3.75. The van der Waals surface area contributed by atoms with Crippen molar-refractivity contribution in [1.82, 2.24) is 16.2 Å². The molecule has 0 saturated heterocycles. The van der Waals surface area contributed by atoms with Crippen molar-refractivity contribution in [2.24, 2.45) is 0 Å². The van der Waals surface area contributed by atoms with E-state index in [0.717, 1.165) is 17.2 Å². The van der Waals surface area contributed by atoms with Gasteiger partial charge < -0.3 is 4.74 Å². The molecule has 0 aromatic heterocycles.